The Morgan fingerprint density at radius 3 is 0.525 bits per heavy atom. The SMILES string of the molecule is O=C(CCCC(=O)ON1C(=O)CCC1=O)OCCOCC(OCCOC(=O)CCCC(=O)ON1C(=O)CCC1=O)C(OCCOC(=O)CCCC(=O)ON1C(=O)CCC1=O)C(OCCOC(=O)CCCC(=O)ON1C(=O)CCC1=O)C(COCCOC(=O)CCCC(=O)ON1C(=O)CCC1=O)OCCOC(=O)CCCC(=O)ON1C(=O)CCC1=O. The predicted molar refractivity (Wildman–Crippen MR) is 373 cm³/mol. The van der Waals surface area contributed by atoms with E-state index in [2.05, 4.69) is 0 Å². The monoisotopic (exact) mass is 1710 g/mol. The van der Waals surface area contributed by atoms with Crippen molar-refractivity contribution in [3.63, 3.8) is 0 Å². The first-order valence-corrected chi connectivity index (χ1v) is 38.4. The van der Waals surface area contributed by atoms with Gasteiger partial charge in [-0.2, -0.15) is 0 Å². The van der Waals surface area contributed by atoms with Gasteiger partial charge in [0, 0.05) is 154 Å². The van der Waals surface area contributed by atoms with Gasteiger partial charge in [0.2, 0.25) is 0 Å². The zero-order chi connectivity index (χ0) is 87.5. The summed E-state index contributed by atoms with van der Waals surface area (Å²) in [4.78, 5) is 327. The number of amides is 12. The number of hydrogen-bond acceptors (Lipinski definition) is 42. The highest BCUT2D eigenvalue weighted by molar-refractivity contribution is 6.05. The molecule has 6 fully saturated rings. The summed E-state index contributed by atoms with van der Waals surface area (Å²) >= 11 is 0. The van der Waals surface area contributed by atoms with Crippen LogP contribution in [0.5, 0.6) is 0 Å². The van der Waals surface area contributed by atoms with E-state index in [-0.39, 0.29) is 116 Å². The number of rotatable bonds is 59. The van der Waals surface area contributed by atoms with Crippen molar-refractivity contribution in [3.05, 3.63) is 0 Å². The van der Waals surface area contributed by atoms with Gasteiger partial charge < -0.3 is 85.9 Å². The summed E-state index contributed by atoms with van der Waals surface area (Å²) in [6.45, 7) is -8.23. The largest absolute Gasteiger partial charge is 0.463 e. The first-order chi connectivity index (χ1) is 57.5. The highest BCUT2D eigenvalue weighted by atomic mass is 16.8. The maximum Gasteiger partial charge on any atom is 0.333 e. The normalized spacial score (nSPS) is 16.4. The Kier molecular flexibility index (Phi) is 42.2. The fourth-order valence-corrected chi connectivity index (χ4v) is 11.0. The molecule has 6 rings (SSSR count). The predicted octanol–water partition coefficient (Wildman–Crippen LogP) is -1.52. The maximum absolute atomic E-state index is 13.2. The molecule has 4 unspecified atom stereocenters. The van der Waals surface area contributed by atoms with Crippen molar-refractivity contribution >= 4 is 143 Å². The molecule has 0 aliphatic carbocycles. The molecule has 48 heteroatoms. The van der Waals surface area contributed by atoms with Crippen LogP contribution in [0.25, 0.3) is 0 Å². The van der Waals surface area contributed by atoms with Crippen molar-refractivity contribution in [2.75, 3.05) is 92.5 Å². The first kappa shape index (κ1) is 97.1. The van der Waals surface area contributed by atoms with Crippen molar-refractivity contribution in [1.82, 2.24) is 30.4 Å². The zero-order valence-electron chi connectivity index (χ0n) is 65.3. The lowest BCUT2D eigenvalue weighted by molar-refractivity contribution is -0.207. The van der Waals surface area contributed by atoms with Gasteiger partial charge in [-0.25, -0.2) is 28.8 Å². The topological polar surface area (TPSA) is 595 Å². The Bertz CT molecular complexity index is 3440. The number of imide groups is 6. The molecule has 12 amide bonds. The summed E-state index contributed by atoms with van der Waals surface area (Å²) in [5.74, 6) is -20.5. The smallest absolute Gasteiger partial charge is 0.333 e. The molecular formula is C72H92N6O42. The minimum absolute atomic E-state index is 0.170. The molecule has 6 saturated heterocycles. The van der Waals surface area contributed by atoms with Crippen LogP contribution in [0.2, 0.25) is 0 Å². The minimum atomic E-state index is -1.72. The second-order valence-corrected chi connectivity index (χ2v) is 26.4. The standard InChI is InChI=1S/C72H92N6O42/c79-47-19-20-48(80)73(47)115-65(97)13-1-7-59(91)107-33-31-103-43-45(105-35-37-109-61(93)9-3-15-67(99)117-75-51(83)23-24-52(75)84)71(113-41-39-111-63(95)11-5-17-69(101)119-77-55(87)27-28-56(77)88)72(114-42-40-112-64(96)12-6-18-70(102)120-78-57(89)29-30-58(78)90)46(106-36-38-110-62(94)10-4-16-68(100)118-76-53(85)25-26-54(76)86)44-104-32-34-108-60(92)8-2-14-66(98)116-74-49(81)21-22-50(74)82/h45-46,71-72H,1-44H2. The van der Waals surface area contributed by atoms with Crippen molar-refractivity contribution in [3.8, 4) is 0 Å². The van der Waals surface area contributed by atoms with E-state index < -0.39 is 336 Å². The Morgan fingerprint density at radius 2 is 0.350 bits per heavy atom. The Balaban J connectivity index is 1.25. The molecule has 0 aromatic rings. The molecule has 0 bridgehead atoms. The lowest BCUT2D eigenvalue weighted by Crippen LogP contribution is -2.53. The van der Waals surface area contributed by atoms with Gasteiger partial charge in [-0.05, 0) is 38.5 Å². The van der Waals surface area contributed by atoms with Gasteiger partial charge in [0.15, 0.2) is 0 Å². The van der Waals surface area contributed by atoms with Crippen molar-refractivity contribution in [2.45, 2.75) is 217 Å². The quantitative estimate of drug-likeness (QED) is 0.0289. The summed E-state index contributed by atoms with van der Waals surface area (Å²) < 4.78 is 69.8. The van der Waals surface area contributed by atoms with Crippen LogP contribution in [-0.2, 0) is 201 Å². The van der Waals surface area contributed by atoms with E-state index in [0.717, 1.165) is 0 Å². The van der Waals surface area contributed by atoms with Gasteiger partial charge >= 0.3 is 71.6 Å². The molecule has 6 heterocycles. The Hall–Kier alpha value is -11.8. The van der Waals surface area contributed by atoms with Crippen LogP contribution < -0.4 is 0 Å². The number of hydroxylamine groups is 12. The molecule has 48 nitrogen and oxygen atoms in total. The second kappa shape index (κ2) is 52.2. The number of nitrogens with zero attached hydrogens (tertiary/aromatic N) is 6. The van der Waals surface area contributed by atoms with Gasteiger partial charge in [0.05, 0.1) is 52.9 Å². The van der Waals surface area contributed by atoms with Crippen molar-refractivity contribution in [1.29, 1.82) is 0 Å². The molecule has 0 radical (unpaired) electrons. The van der Waals surface area contributed by atoms with Crippen LogP contribution in [0, 0.1) is 0 Å². The van der Waals surface area contributed by atoms with Crippen molar-refractivity contribution < 1.29 is 201 Å². The number of ether oxygens (including phenoxy) is 12. The van der Waals surface area contributed by atoms with Crippen LogP contribution in [0.3, 0.4) is 0 Å². The lowest BCUT2D eigenvalue weighted by Gasteiger charge is -2.37. The van der Waals surface area contributed by atoms with Crippen molar-refractivity contribution in [2.24, 2.45) is 0 Å². The third-order valence-corrected chi connectivity index (χ3v) is 17.0. The summed E-state index contributed by atoms with van der Waals surface area (Å²) in [5, 5.41) is 1.92. The molecule has 0 saturated carbocycles. The van der Waals surface area contributed by atoms with E-state index in [1.54, 1.807) is 0 Å². The van der Waals surface area contributed by atoms with E-state index in [0.29, 0.717) is 30.4 Å². The van der Waals surface area contributed by atoms with Crippen LogP contribution in [-0.4, -0.2) is 290 Å². The second-order valence-electron chi connectivity index (χ2n) is 26.4. The molecule has 4 atom stereocenters. The maximum atomic E-state index is 13.2. The molecule has 0 aromatic heterocycles. The van der Waals surface area contributed by atoms with Crippen LogP contribution in [0.15, 0.2) is 0 Å². The molecule has 0 spiro atoms. The summed E-state index contributed by atoms with van der Waals surface area (Å²) in [5.41, 5.74) is 0. The number of hydrogen-bond donors (Lipinski definition) is 0. The average molecular weight is 1710 g/mol. The van der Waals surface area contributed by atoms with Crippen LogP contribution in [0.4, 0.5) is 0 Å². The van der Waals surface area contributed by atoms with Crippen LogP contribution in [0.1, 0.15) is 193 Å². The fraction of sp³-hybridized carbons (Fsp3) is 0.667. The Morgan fingerprint density at radius 1 is 0.200 bits per heavy atom. The number of esters is 6. The van der Waals surface area contributed by atoms with E-state index in [4.69, 9.17) is 85.9 Å². The zero-order valence-corrected chi connectivity index (χ0v) is 65.3. The lowest BCUT2D eigenvalue weighted by atomic mass is 10.0. The molecular weight excluding hydrogens is 1620 g/mol. The third kappa shape index (κ3) is 35.4. The van der Waals surface area contributed by atoms with Gasteiger partial charge in [0.1, 0.15) is 64.1 Å². The first-order valence-electron chi connectivity index (χ1n) is 38.4. The van der Waals surface area contributed by atoms with Crippen LogP contribution >= 0.6 is 0 Å². The van der Waals surface area contributed by atoms with E-state index >= 15 is 0 Å². The average Bonchev–Trinajstić information content (AvgIpc) is 1.54. The highest BCUT2D eigenvalue weighted by Gasteiger charge is 2.42. The summed E-state index contributed by atoms with van der Waals surface area (Å²) in [6.07, 6.45) is -15.3. The molecule has 6 aliphatic heterocycles. The molecule has 0 aromatic carbocycles. The number of carbonyl (C=O) groups excluding carboxylic acids is 24. The molecule has 662 valence electrons. The summed E-state index contributed by atoms with van der Waals surface area (Å²) in [6, 6.07) is 0. The van der Waals surface area contributed by atoms with Gasteiger partial charge in [-0.3, -0.25) is 86.3 Å². The minimum Gasteiger partial charge on any atom is -0.463 e. The molecule has 6 aliphatic rings. The van der Waals surface area contributed by atoms with Gasteiger partial charge in [-0.15, -0.1) is 30.4 Å². The molecule has 120 heavy (non-hydrogen) atoms. The van der Waals surface area contributed by atoms with E-state index in [1.807, 2.05) is 0 Å². The van der Waals surface area contributed by atoms with Gasteiger partial charge in [-0.1, -0.05) is 0 Å². The van der Waals surface area contributed by atoms with E-state index in [1.165, 1.54) is 0 Å². The van der Waals surface area contributed by atoms with Gasteiger partial charge in [0.25, 0.3) is 70.9 Å². The summed E-state index contributed by atoms with van der Waals surface area (Å²) in [7, 11) is 0. The Labute approximate surface area is 681 Å². The molecule has 0 N–H and O–H groups in total. The van der Waals surface area contributed by atoms with E-state index in [9.17, 15) is 115 Å². The highest BCUT2D eigenvalue weighted by Crippen LogP contribution is 2.24. The fourth-order valence-electron chi connectivity index (χ4n) is 11.0. The number of carbonyl (C=O) groups is 24. The third-order valence-electron chi connectivity index (χ3n) is 17.0.